The van der Waals surface area contributed by atoms with E-state index in [0.29, 0.717) is 11.4 Å². The predicted molar refractivity (Wildman–Crippen MR) is 63.9 cm³/mol. The van der Waals surface area contributed by atoms with E-state index in [-0.39, 0.29) is 6.10 Å². The third-order valence-corrected chi connectivity index (χ3v) is 3.03. The Morgan fingerprint density at radius 1 is 1.67 bits per heavy atom. The van der Waals surface area contributed by atoms with Gasteiger partial charge in [0.25, 0.3) is 0 Å². The van der Waals surface area contributed by atoms with Crippen LogP contribution in [0.4, 0.5) is 4.79 Å². The quantitative estimate of drug-likeness (QED) is 0.791. The van der Waals surface area contributed by atoms with Crippen molar-refractivity contribution in [1.29, 1.82) is 0 Å². The van der Waals surface area contributed by atoms with E-state index in [9.17, 15) is 4.79 Å². The topological polar surface area (TPSA) is 78.3 Å². The summed E-state index contributed by atoms with van der Waals surface area (Å²) < 4.78 is 4.84. The van der Waals surface area contributed by atoms with Crippen LogP contribution in [0.1, 0.15) is 23.5 Å². The van der Waals surface area contributed by atoms with Crippen LogP contribution in [0.2, 0.25) is 0 Å². The molecule has 0 aromatic carbocycles. The molecule has 0 radical (unpaired) electrons. The lowest BCUT2D eigenvalue weighted by atomic mass is 10.2. The van der Waals surface area contributed by atoms with Crippen LogP contribution in [0.3, 0.4) is 0 Å². The van der Waals surface area contributed by atoms with Crippen molar-refractivity contribution in [2.75, 3.05) is 0 Å². The molecule has 0 aliphatic rings. The van der Waals surface area contributed by atoms with Gasteiger partial charge in [0.15, 0.2) is 0 Å². The van der Waals surface area contributed by atoms with Crippen LogP contribution in [0, 0.1) is 0 Å². The Morgan fingerprint density at radius 3 is 2.87 bits per heavy atom. The summed E-state index contributed by atoms with van der Waals surface area (Å²) in [5.74, 6) is 0. The highest BCUT2D eigenvalue weighted by Crippen LogP contribution is 2.24. The van der Waals surface area contributed by atoms with Gasteiger partial charge in [0.1, 0.15) is 6.10 Å². The molecule has 0 aliphatic carbocycles. The normalized spacial score (nSPS) is 12.1. The smallest absolute Gasteiger partial charge is 0.405 e. The summed E-state index contributed by atoms with van der Waals surface area (Å²) in [5.41, 5.74) is 11.4. The molecular formula is C9H12N2O2S2. The maximum Gasteiger partial charge on any atom is 0.405 e. The van der Waals surface area contributed by atoms with Gasteiger partial charge in [-0.2, -0.15) is 0 Å². The van der Waals surface area contributed by atoms with Crippen LogP contribution in [-0.2, 0) is 11.2 Å². The van der Waals surface area contributed by atoms with Crippen LogP contribution < -0.4 is 11.5 Å². The van der Waals surface area contributed by atoms with E-state index < -0.39 is 6.09 Å². The molecule has 1 aromatic heterocycles. The molecule has 0 fully saturated rings. The van der Waals surface area contributed by atoms with Gasteiger partial charge in [-0.25, -0.2) is 4.79 Å². The number of nitrogens with two attached hydrogens (primary N) is 2. The number of rotatable bonds is 4. The van der Waals surface area contributed by atoms with Gasteiger partial charge in [-0.15, -0.1) is 11.3 Å². The summed E-state index contributed by atoms with van der Waals surface area (Å²) in [7, 11) is 0. The van der Waals surface area contributed by atoms with E-state index in [4.69, 9.17) is 28.4 Å². The van der Waals surface area contributed by atoms with Crippen molar-refractivity contribution in [1.82, 2.24) is 0 Å². The summed E-state index contributed by atoms with van der Waals surface area (Å²) >= 11 is 6.29. The summed E-state index contributed by atoms with van der Waals surface area (Å²) in [6.45, 7) is 1.77. The molecular weight excluding hydrogens is 232 g/mol. The van der Waals surface area contributed by atoms with Gasteiger partial charge in [-0.05, 0) is 23.9 Å². The maximum atomic E-state index is 10.5. The minimum atomic E-state index is -0.771. The van der Waals surface area contributed by atoms with Crippen molar-refractivity contribution >= 4 is 34.6 Å². The average Bonchev–Trinajstić information content (AvgIpc) is 2.50. The Bertz CT molecular complexity index is 376. The highest BCUT2D eigenvalue weighted by molar-refractivity contribution is 7.80. The fraction of sp³-hybridized carbons (Fsp3) is 0.333. The third-order valence-electron chi connectivity index (χ3n) is 1.75. The van der Waals surface area contributed by atoms with Crippen LogP contribution in [0.5, 0.6) is 0 Å². The number of thiophene rings is 1. The largest absolute Gasteiger partial charge is 0.441 e. The molecule has 6 heteroatoms. The zero-order valence-electron chi connectivity index (χ0n) is 8.23. The lowest BCUT2D eigenvalue weighted by molar-refractivity contribution is 0.118. The monoisotopic (exact) mass is 244 g/mol. The number of thiocarbonyl (C=S) groups is 1. The van der Waals surface area contributed by atoms with Crippen LogP contribution in [-0.4, -0.2) is 11.1 Å². The van der Waals surface area contributed by atoms with E-state index in [1.165, 1.54) is 11.3 Å². The van der Waals surface area contributed by atoms with Gasteiger partial charge >= 0.3 is 6.09 Å². The van der Waals surface area contributed by atoms with E-state index in [1.54, 1.807) is 6.92 Å². The molecule has 1 atom stereocenters. The van der Waals surface area contributed by atoms with Gasteiger partial charge in [0, 0.05) is 11.3 Å². The summed E-state index contributed by atoms with van der Waals surface area (Å²) in [6.07, 6.45) is -0.533. The lowest BCUT2D eigenvalue weighted by Crippen LogP contribution is -2.15. The maximum absolute atomic E-state index is 10.5. The molecule has 4 N–H and O–H groups in total. The van der Waals surface area contributed by atoms with Crippen molar-refractivity contribution < 1.29 is 9.53 Å². The molecule has 0 spiro atoms. The zero-order valence-corrected chi connectivity index (χ0v) is 9.86. The number of hydrogen-bond donors (Lipinski definition) is 2. The Balaban J connectivity index is 2.66. The van der Waals surface area contributed by atoms with E-state index in [2.05, 4.69) is 0 Å². The molecule has 15 heavy (non-hydrogen) atoms. The molecule has 4 nitrogen and oxygen atoms in total. The SMILES string of the molecule is CC(OC(N)=O)c1cc(CC(N)=S)cs1. The van der Waals surface area contributed by atoms with Crippen molar-refractivity contribution in [3.05, 3.63) is 21.9 Å². The molecule has 82 valence electrons. The molecule has 1 amide bonds. The van der Waals surface area contributed by atoms with E-state index in [1.807, 2.05) is 11.4 Å². The first-order valence-electron chi connectivity index (χ1n) is 4.30. The molecule has 0 aliphatic heterocycles. The second-order valence-electron chi connectivity index (χ2n) is 3.08. The van der Waals surface area contributed by atoms with Crippen molar-refractivity contribution in [2.45, 2.75) is 19.4 Å². The number of hydrogen-bond acceptors (Lipinski definition) is 4. The fourth-order valence-electron chi connectivity index (χ4n) is 1.13. The van der Waals surface area contributed by atoms with Crippen LogP contribution >= 0.6 is 23.6 Å². The highest BCUT2D eigenvalue weighted by Gasteiger charge is 2.11. The predicted octanol–water partition coefficient (Wildman–Crippen LogP) is 1.73. The molecule has 0 bridgehead atoms. The summed E-state index contributed by atoms with van der Waals surface area (Å²) in [6, 6.07) is 1.91. The van der Waals surface area contributed by atoms with Gasteiger partial charge in [0.05, 0.1) is 4.99 Å². The van der Waals surface area contributed by atoms with Gasteiger partial charge in [0.2, 0.25) is 0 Å². The Labute approximate surface area is 97.2 Å². The molecule has 1 aromatic rings. The van der Waals surface area contributed by atoms with Gasteiger partial charge < -0.3 is 16.2 Å². The first-order chi connectivity index (χ1) is 6.99. The van der Waals surface area contributed by atoms with Crippen LogP contribution in [0.25, 0.3) is 0 Å². The molecule has 1 unspecified atom stereocenters. The summed E-state index contributed by atoms with van der Waals surface area (Å²) in [5, 5.41) is 1.94. The number of carbonyl (C=O) groups is 1. The first-order valence-corrected chi connectivity index (χ1v) is 5.59. The van der Waals surface area contributed by atoms with E-state index >= 15 is 0 Å². The minimum Gasteiger partial charge on any atom is -0.441 e. The van der Waals surface area contributed by atoms with Crippen LogP contribution in [0.15, 0.2) is 11.4 Å². The number of primary amides is 1. The molecule has 1 rings (SSSR count). The number of ether oxygens (including phenoxy) is 1. The average molecular weight is 244 g/mol. The van der Waals surface area contributed by atoms with Gasteiger partial charge in [-0.1, -0.05) is 12.2 Å². The Kier molecular flexibility index (Phi) is 4.05. The van der Waals surface area contributed by atoms with Crippen molar-refractivity contribution in [3.8, 4) is 0 Å². The zero-order chi connectivity index (χ0) is 11.4. The Hall–Kier alpha value is -1.14. The first kappa shape index (κ1) is 11.9. The lowest BCUT2D eigenvalue weighted by Gasteiger charge is -2.08. The van der Waals surface area contributed by atoms with Crippen molar-refractivity contribution in [2.24, 2.45) is 11.5 Å². The Morgan fingerprint density at radius 2 is 2.33 bits per heavy atom. The third kappa shape index (κ3) is 3.85. The second kappa shape index (κ2) is 5.09. The highest BCUT2D eigenvalue weighted by atomic mass is 32.1. The summed E-state index contributed by atoms with van der Waals surface area (Å²) in [4.78, 5) is 11.9. The number of carbonyl (C=O) groups excluding carboxylic acids is 1. The molecule has 0 saturated heterocycles. The van der Waals surface area contributed by atoms with Crippen molar-refractivity contribution in [3.63, 3.8) is 0 Å². The number of amides is 1. The fourth-order valence-corrected chi connectivity index (χ4v) is 2.20. The molecule has 1 heterocycles. The second-order valence-corrected chi connectivity index (χ2v) is 4.55. The standard InChI is InChI=1S/C9H12N2O2S2/c1-5(13-9(11)12)7-2-6(4-15-7)3-8(10)14/h2,4-5H,3H2,1H3,(H2,10,14)(H2,11,12). The van der Waals surface area contributed by atoms with Gasteiger partial charge in [-0.3, -0.25) is 0 Å². The molecule has 0 saturated carbocycles. The minimum absolute atomic E-state index is 0.326. The van der Waals surface area contributed by atoms with E-state index in [0.717, 1.165) is 10.4 Å².